The third-order valence-corrected chi connectivity index (χ3v) is 2.88. The maximum absolute atomic E-state index is 13.5. The van der Waals surface area contributed by atoms with Crippen molar-refractivity contribution in [2.24, 2.45) is 7.05 Å². The zero-order valence-corrected chi connectivity index (χ0v) is 12.9. The Balaban J connectivity index is 0.00000116. The molecule has 0 unspecified atom stereocenters. The van der Waals surface area contributed by atoms with Crippen LogP contribution >= 0.6 is 0 Å². The number of hydrogen-bond acceptors (Lipinski definition) is 3. The van der Waals surface area contributed by atoms with E-state index in [1.807, 2.05) is 20.8 Å². The van der Waals surface area contributed by atoms with E-state index < -0.39 is 23.2 Å². The molecule has 0 atom stereocenters. The number of rotatable bonds is 4. The Morgan fingerprint density at radius 1 is 1.32 bits per heavy atom. The molecule has 0 radical (unpaired) electrons. The van der Waals surface area contributed by atoms with Crippen molar-refractivity contribution in [3.8, 4) is 5.75 Å². The van der Waals surface area contributed by atoms with Gasteiger partial charge in [-0.1, -0.05) is 13.8 Å². The van der Waals surface area contributed by atoms with Crippen LogP contribution in [0, 0.1) is 18.6 Å². The molecule has 1 aromatic heterocycles. The minimum Gasteiger partial charge on any atom is -0.487 e. The number of benzene rings is 1. The van der Waals surface area contributed by atoms with Gasteiger partial charge in [-0.15, -0.1) is 0 Å². The standard InChI is InChI=1S/C13H12F2N2O3.C2H6/c1-7-5-16-17(2)11(7)6-20-8-3-9(14)12(13(18)19)10(15)4-8;1-2/h3-5H,6H2,1-2H3,(H,18,19);1-2H3. The van der Waals surface area contributed by atoms with Gasteiger partial charge in [-0.25, -0.2) is 13.6 Å². The van der Waals surface area contributed by atoms with Gasteiger partial charge < -0.3 is 9.84 Å². The minimum atomic E-state index is -1.66. The molecule has 0 fully saturated rings. The second-order valence-corrected chi connectivity index (χ2v) is 4.25. The highest BCUT2D eigenvalue weighted by Crippen LogP contribution is 2.22. The van der Waals surface area contributed by atoms with E-state index in [1.165, 1.54) is 0 Å². The van der Waals surface area contributed by atoms with Crippen LogP contribution in [-0.2, 0) is 13.7 Å². The van der Waals surface area contributed by atoms with Crippen LogP contribution in [0.2, 0.25) is 0 Å². The molecule has 22 heavy (non-hydrogen) atoms. The molecule has 0 spiro atoms. The first kappa shape index (κ1) is 17.6. The van der Waals surface area contributed by atoms with Crippen molar-refractivity contribution in [1.29, 1.82) is 0 Å². The summed E-state index contributed by atoms with van der Waals surface area (Å²) in [5.74, 6) is -4.08. The molecule has 0 saturated heterocycles. The molecular formula is C15H18F2N2O3. The minimum absolute atomic E-state index is 0.0770. The van der Waals surface area contributed by atoms with E-state index in [-0.39, 0.29) is 12.4 Å². The summed E-state index contributed by atoms with van der Waals surface area (Å²) >= 11 is 0. The van der Waals surface area contributed by atoms with Crippen molar-refractivity contribution < 1.29 is 23.4 Å². The van der Waals surface area contributed by atoms with E-state index >= 15 is 0 Å². The molecule has 5 nitrogen and oxygen atoms in total. The Hall–Kier alpha value is -2.44. The normalized spacial score (nSPS) is 9.91. The molecule has 0 amide bonds. The molecule has 1 N–H and O–H groups in total. The van der Waals surface area contributed by atoms with Crippen LogP contribution in [0.3, 0.4) is 0 Å². The lowest BCUT2D eigenvalue weighted by Gasteiger charge is -2.09. The largest absolute Gasteiger partial charge is 0.487 e. The summed E-state index contributed by atoms with van der Waals surface area (Å²) in [6, 6.07) is 1.69. The lowest BCUT2D eigenvalue weighted by Crippen LogP contribution is -2.07. The molecule has 1 heterocycles. The van der Waals surface area contributed by atoms with Gasteiger partial charge in [0.1, 0.15) is 29.6 Å². The van der Waals surface area contributed by atoms with Crippen molar-refractivity contribution >= 4 is 5.97 Å². The molecule has 0 saturated carbocycles. The molecular weight excluding hydrogens is 294 g/mol. The Kier molecular flexibility index (Phi) is 6.03. The smallest absolute Gasteiger partial charge is 0.341 e. The maximum Gasteiger partial charge on any atom is 0.341 e. The molecule has 2 rings (SSSR count). The first-order valence-corrected chi connectivity index (χ1v) is 6.72. The molecule has 0 aliphatic heterocycles. The quantitative estimate of drug-likeness (QED) is 0.940. The van der Waals surface area contributed by atoms with Gasteiger partial charge >= 0.3 is 5.97 Å². The van der Waals surface area contributed by atoms with Gasteiger partial charge in [0.15, 0.2) is 0 Å². The van der Waals surface area contributed by atoms with Gasteiger partial charge in [0.2, 0.25) is 0 Å². The van der Waals surface area contributed by atoms with Crippen LogP contribution < -0.4 is 4.74 Å². The molecule has 2 aromatic rings. The second kappa shape index (κ2) is 7.53. The van der Waals surface area contributed by atoms with Crippen molar-refractivity contribution in [2.45, 2.75) is 27.4 Å². The number of carboxylic acid groups (broad SMARTS) is 1. The predicted octanol–water partition coefficient (Wildman–Crippen LogP) is 3.31. The highest BCUT2D eigenvalue weighted by molar-refractivity contribution is 5.88. The van der Waals surface area contributed by atoms with Crippen LogP contribution in [-0.4, -0.2) is 20.9 Å². The SMILES string of the molecule is CC.Cc1cnn(C)c1COc1cc(F)c(C(=O)O)c(F)c1. The zero-order valence-electron chi connectivity index (χ0n) is 12.9. The Labute approximate surface area is 127 Å². The number of carboxylic acids is 1. The monoisotopic (exact) mass is 312 g/mol. The molecule has 1 aromatic carbocycles. The molecule has 0 bridgehead atoms. The summed E-state index contributed by atoms with van der Waals surface area (Å²) in [4.78, 5) is 10.7. The predicted molar refractivity (Wildman–Crippen MR) is 76.9 cm³/mol. The Bertz CT molecular complexity index is 626. The Morgan fingerprint density at radius 2 is 1.86 bits per heavy atom. The zero-order chi connectivity index (χ0) is 16.9. The molecule has 0 aliphatic carbocycles. The third kappa shape index (κ3) is 3.81. The average molecular weight is 312 g/mol. The fourth-order valence-corrected chi connectivity index (χ4v) is 1.77. The van der Waals surface area contributed by atoms with E-state index in [0.717, 1.165) is 23.4 Å². The number of halogens is 2. The van der Waals surface area contributed by atoms with Crippen LogP contribution in [0.25, 0.3) is 0 Å². The van der Waals surface area contributed by atoms with Gasteiger partial charge in [0, 0.05) is 19.2 Å². The van der Waals surface area contributed by atoms with Gasteiger partial charge in [-0.3, -0.25) is 4.68 Å². The summed E-state index contributed by atoms with van der Waals surface area (Å²) in [7, 11) is 1.72. The van der Waals surface area contributed by atoms with Crippen molar-refractivity contribution in [3.05, 3.63) is 46.8 Å². The number of aryl methyl sites for hydroxylation is 2. The summed E-state index contributed by atoms with van der Waals surface area (Å²) in [5, 5.41) is 12.7. The van der Waals surface area contributed by atoms with Gasteiger partial charge in [-0.05, 0) is 12.5 Å². The highest BCUT2D eigenvalue weighted by atomic mass is 19.1. The number of ether oxygens (including phenoxy) is 1. The summed E-state index contributed by atoms with van der Waals surface area (Å²) < 4.78 is 33.8. The summed E-state index contributed by atoms with van der Waals surface area (Å²) in [6.45, 7) is 5.91. The topological polar surface area (TPSA) is 64.4 Å². The summed E-state index contributed by atoms with van der Waals surface area (Å²) in [5.41, 5.74) is 0.651. The first-order valence-electron chi connectivity index (χ1n) is 6.72. The third-order valence-electron chi connectivity index (χ3n) is 2.88. The molecule has 120 valence electrons. The molecule has 7 heteroatoms. The van der Waals surface area contributed by atoms with Gasteiger partial charge in [-0.2, -0.15) is 5.10 Å². The van der Waals surface area contributed by atoms with Crippen molar-refractivity contribution in [1.82, 2.24) is 9.78 Å². The number of nitrogens with zero attached hydrogens (tertiary/aromatic N) is 2. The van der Waals surface area contributed by atoms with E-state index in [9.17, 15) is 13.6 Å². The van der Waals surface area contributed by atoms with Crippen LogP contribution in [0.1, 0.15) is 35.5 Å². The summed E-state index contributed by atoms with van der Waals surface area (Å²) in [6.07, 6.45) is 1.65. The highest BCUT2D eigenvalue weighted by Gasteiger charge is 2.18. The number of aromatic carboxylic acids is 1. The van der Waals surface area contributed by atoms with Crippen molar-refractivity contribution in [2.75, 3.05) is 0 Å². The number of hydrogen-bond donors (Lipinski definition) is 1. The van der Waals surface area contributed by atoms with E-state index in [0.29, 0.717) is 0 Å². The fraction of sp³-hybridized carbons (Fsp3) is 0.333. The van der Waals surface area contributed by atoms with E-state index in [1.54, 1.807) is 17.9 Å². The first-order chi connectivity index (χ1) is 10.4. The number of carbonyl (C=O) groups is 1. The van der Waals surface area contributed by atoms with E-state index in [2.05, 4.69) is 5.10 Å². The second-order valence-electron chi connectivity index (χ2n) is 4.25. The van der Waals surface area contributed by atoms with E-state index in [4.69, 9.17) is 9.84 Å². The van der Waals surface area contributed by atoms with Gasteiger partial charge in [0.25, 0.3) is 0 Å². The maximum atomic E-state index is 13.5. The van der Waals surface area contributed by atoms with Gasteiger partial charge in [0.05, 0.1) is 11.9 Å². The van der Waals surface area contributed by atoms with Crippen molar-refractivity contribution in [3.63, 3.8) is 0 Å². The lowest BCUT2D eigenvalue weighted by molar-refractivity contribution is 0.0686. The molecule has 0 aliphatic rings. The Morgan fingerprint density at radius 3 is 2.27 bits per heavy atom. The lowest BCUT2D eigenvalue weighted by atomic mass is 10.2. The van der Waals surface area contributed by atoms with Crippen LogP contribution in [0.4, 0.5) is 8.78 Å². The number of aromatic nitrogens is 2. The average Bonchev–Trinajstić information content (AvgIpc) is 2.77. The fourth-order valence-electron chi connectivity index (χ4n) is 1.77. The van der Waals surface area contributed by atoms with Crippen LogP contribution in [0.15, 0.2) is 18.3 Å². The van der Waals surface area contributed by atoms with Crippen LogP contribution in [0.5, 0.6) is 5.75 Å².